The lowest BCUT2D eigenvalue weighted by Crippen LogP contribution is -1.94. The summed E-state index contributed by atoms with van der Waals surface area (Å²) in [4.78, 5) is 1.24. The fourth-order valence-corrected chi connectivity index (χ4v) is 2.45. The monoisotopic (exact) mass is 210 g/mol. The van der Waals surface area contributed by atoms with Crippen molar-refractivity contribution in [3.8, 4) is 11.5 Å². The summed E-state index contributed by atoms with van der Waals surface area (Å²) >= 11 is 1.74. The molecule has 1 heterocycles. The molecule has 0 saturated heterocycles. The zero-order valence-corrected chi connectivity index (χ0v) is 9.32. The van der Waals surface area contributed by atoms with E-state index in [1.54, 1.807) is 11.8 Å². The van der Waals surface area contributed by atoms with Crippen molar-refractivity contribution in [1.82, 2.24) is 0 Å². The first-order chi connectivity index (χ1) is 6.86. The van der Waals surface area contributed by atoms with E-state index in [4.69, 9.17) is 9.47 Å². The first-order valence-electron chi connectivity index (χ1n) is 4.82. The lowest BCUT2D eigenvalue weighted by molar-refractivity contribution is 0.172. The number of aryl methyl sites for hydroxylation is 1. The molecule has 0 unspecified atom stereocenters. The Morgan fingerprint density at radius 1 is 1.36 bits per heavy atom. The van der Waals surface area contributed by atoms with Crippen molar-refractivity contribution >= 4 is 11.8 Å². The summed E-state index contributed by atoms with van der Waals surface area (Å²) in [7, 11) is 0. The van der Waals surface area contributed by atoms with Gasteiger partial charge in [-0.1, -0.05) is 19.4 Å². The Hall–Kier alpha value is -0.830. The summed E-state index contributed by atoms with van der Waals surface area (Å²) in [5, 5.41) is 0. The fraction of sp³-hybridized carbons (Fsp3) is 0.455. The summed E-state index contributed by atoms with van der Waals surface area (Å²) < 4.78 is 10.8. The molecule has 0 atom stereocenters. The van der Waals surface area contributed by atoms with Gasteiger partial charge in [0.1, 0.15) is 0 Å². The minimum absolute atomic E-state index is 0.360. The highest BCUT2D eigenvalue weighted by Crippen LogP contribution is 2.42. The first kappa shape index (κ1) is 9.71. The molecular weight excluding hydrogens is 196 g/mol. The van der Waals surface area contributed by atoms with E-state index in [0.29, 0.717) is 6.79 Å². The van der Waals surface area contributed by atoms with Crippen molar-refractivity contribution in [3.63, 3.8) is 0 Å². The molecule has 1 aliphatic heterocycles. The summed E-state index contributed by atoms with van der Waals surface area (Å²) in [6, 6.07) is 4.15. The molecule has 2 rings (SSSR count). The van der Waals surface area contributed by atoms with Crippen LogP contribution in [0.3, 0.4) is 0 Å². The van der Waals surface area contributed by atoms with Crippen LogP contribution in [0.4, 0.5) is 0 Å². The summed E-state index contributed by atoms with van der Waals surface area (Å²) in [6.45, 7) is 2.55. The molecule has 14 heavy (non-hydrogen) atoms. The second kappa shape index (κ2) is 4.13. The Bertz CT molecular complexity index is 336. The molecular formula is C11H14O2S. The molecule has 0 amide bonds. The molecule has 0 spiro atoms. The predicted molar refractivity (Wildman–Crippen MR) is 58.3 cm³/mol. The Morgan fingerprint density at radius 2 is 2.21 bits per heavy atom. The van der Waals surface area contributed by atoms with E-state index in [2.05, 4.69) is 19.2 Å². The van der Waals surface area contributed by atoms with Gasteiger partial charge in [-0.25, -0.2) is 0 Å². The minimum Gasteiger partial charge on any atom is -0.454 e. The zero-order chi connectivity index (χ0) is 9.97. The number of hydrogen-bond donors (Lipinski definition) is 0. The Kier molecular flexibility index (Phi) is 2.87. The number of ether oxygens (including phenoxy) is 2. The van der Waals surface area contributed by atoms with Crippen LogP contribution in [0.25, 0.3) is 0 Å². The standard InChI is InChI=1S/C11H14O2S/c1-3-4-8-5-6-9-10(11(8)14-2)13-7-12-9/h5-6H,3-4,7H2,1-2H3. The van der Waals surface area contributed by atoms with Crippen LogP contribution >= 0.6 is 11.8 Å². The zero-order valence-electron chi connectivity index (χ0n) is 8.50. The number of fused-ring (bicyclic) bond motifs is 1. The molecule has 1 aliphatic rings. The average molecular weight is 210 g/mol. The van der Waals surface area contributed by atoms with Crippen molar-refractivity contribution in [1.29, 1.82) is 0 Å². The van der Waals surface area contributed by atoms with Gasteiger partial charge in [-0.2, -0.15) is 0 Å². The molecule has 2 nitrogen and oxygen atoms in total. The third kappa shape index (κ3) is 1.57. The van der Waals surface area contributed by atoms with Crippen LogP contribution in [-0.4, -0.2) is 13.0 Å². The SMILES string of the molecule is CCCc1ccc2c(c1SC)OCO2. The first-order valence-corrected chi connectivity index (χ1v) is 6.04. The van der Waals surface area contributed by atoms with Gasteiger partial charge in [-0.15, -0.1) is 11.8 Å². The van der Waals surface area contributed by atoms with Crippen LogP contribution in [-0.2, 0) is 6.42 Å². The Morgan fingerprint density at radius 3 is 2.93 bits per heavy atom. The van der Waals surface area contributed by atoms with Crippen molar-refractivity contribution in [2.45, 2.75) is 24.7 Å². The van der Waals surface area contributed by atoms with Gasteiger partial charge in [0.05, 0.1) is 4.90 Å². The van der Waals surface area contributed by atoms with Crippen LogP contribution in [0.1, 0.15) is 18.9 Å². The Labute approximate surface area is 88.6 Å². The Balaban J connectivity index is 2.43. The molecule has 0 radical (unpaired) electrons. The topological polar surface area (TPSA) is 18.5 Å². The molecule has 0 aliphatic carbocycles. The van der Waals surface area contributed by atoms with E-state index in [9.17, 15) is 0 Å². The predicted octanol–water partition coefficient (Wildman–Crippen LogP) is 3.09. The molecule has 0 saturated carbocycles. The maximum atomic E-state index is 5.46. The lowest BCUT2D eigenvalue weighted by atomic mass is 10.1. The van der Waals surface area contributed by atoms with E-state index in [-0.39, 0.29) is 0 Å². The van der Waals surface area contributed by atoms with Gasteiger partial charge in [0, 0.05) is 0 Å². The summed E-state index contributed by atoms with van der Waals surface area (Å²) in [5.41, 5.74) is 1.37. The lowest BCUT2D eigenvalue weighted by Gasteiger charge is -2.08. The second-order valence-corrected chi connectivity index (χ2v) is 4.06. The van der Waals surface area contributed by atoms with Crippen molar-refractivity contribution in [2.75, 3.05) is 13.0 Å². The molecule has 0 bridgehead atoms. The van der Waals surface area contributed by atoms with E-state index in [1.165, 1.54) is 10.5 Å². The van der Waals surface area contributed by atoms with Crippen molar-refractivity contribution in [2.24, 2.45) is 0 Å². The van der Waals surface area contributed by atoms with Gasteiger partial charge in [-0.05, 0) is 24.3 Å². The van der Waals surface area contributed by atoms with Crippen LogP contribution in [0.15, 0.2) is 17.0 Å². The number of thioether (sulfide) groups is 1. The van der Waals surface area contributed by atoms with Crippen LogP contribution in [0.2, 0.25) is 0 Å². The summed E-state index contributed by atoms with van der Waals surface area (Å²) in [5.74, 6) is 1.82. The van der Waals surface area contributed by atoms with Crippen LogP contribution < -0.4 is 9.47 Å². The molecule has 76 valence electrons. The normalized spacial score (nSPS) is 13.3. The summed E-state index contributed by atoms with van der Waals surface area (Å²) in [6.07, 6.45) is 4.34. The minimum atomic E-state index is 0.360. The van der Waals surface area contributed by atoms with E-state index in [1.807, 2.05) is 6.07 Å². The van der Waals surface area contributed by atoms with Gasteiger partial charge in [0.25, 0.3) is 0 Å². The van der Waals surface area contributed by atoms with E-state index >= 15 is 0 Å². The highest BCUT2D eigenvalue weighted by atomic mass is 32.2. The molecule has 0 aromatic heterocycles. The number of benzene rings is 1. The van der Waals surface area contributed by atoms with E-state index < -0.39 is 0 Å². The third-order valence-electron chi connectivity index (χ3n) is 2.30. The third-order valence-corrected chi connectivity index (χ3v) is 3.15. The van der Waals surface area contributed by atoms with Crippen LogP contribution in [0.5, 0.6) is 11.5 Å². The quantitative estimate of drug-likeness (QED) is 0.714. The number of rotatable bonds is 3. The molecule has 0 fully saturated rings. The van der Waals surface area contributed by atoms with Crippen molar-refractivity contribution in [3.05, 3.63) is 17.7 Å². The van der Waals surface area contributed by atoms with Gasteiger partial charge >= 0.3 is 0 Å². The highest BCUT2D eigenvalue weighted by molar-refractivity contribution is 7.98. The van der Waals surface area contributed by atoms with Crippen LogP contribution in [0, 0.1) is 0 Å². The largest absolute Gasteiger partial charge is 0.454 e. The molecule has 1 aromatic rings. The van der Waals surface area contributed by atoms with Gasteiger partial charge in [0.15, 0.2) is 11.5 Å². The van der Waals surface area contributed by atoms with Crippen molar-refractivity contribution < 1.29 is 9.47 Å². The highest BCUT2D eigenvalue weighted by Gasteiger charge is 2.19. The van der Waals surface area contributed by atoms with Gasteiger partial charge < -0.3 is 9.47 Å². The fourth-order valence-electron chi connectivity index (χ4n) is 1.68. The maximum Gasteiger partial charge on any atom is 0.231 e. The number of hydrogen-bond acceptors (Lipinski definition) is 3. The maximum absolute atomic E-state index is 5.46. The van der Waals surface area contributed by atoms with Gasteiger partial charge in [-0.3, -0.25) is 0 Å². The second-order valence-electron chi connectivity index (χ2n) is 3.24. The van der Waals surface area contributed by atoms with Gasteiger partial charge in [0.2, 0.25) is 6.79 Å². The smallest absolute Gasteiger partial charge is 0.231 e. The molecule has 3 heteroatoms. The molecule has 1 aromatic carbocycles. The molecule has 0 N–H and O–H groups in total. The average Bonchev–Trinajstić information content (AvgIpc) is 2.66. The van der Waals surface area contributed by atoms with E-state index in [0.717, 1.165) is 24.3 Å².